The van der Waals surface area contributed by atoms with Crippen LogP contribution in [0.2, 0.25) is 0 Å². The minimum absolute atomic E-state index is 0.243. The molecule has 0 aliphatic carbocycles. The quantitative estimate of drug-likeness (QED) is 0.653. The van der Waals surface area contributed by atoms with Crippen molar-refractivity contribution in [3.05, 3.63) is 66.4 Å². The van der Waals surface area contributed by atoms with E-state index in [9.17, 15) is 5.11 Å². The molecule has 1 aliphatic heterocycles. The average Bonchev–Trinajstić information content (AvgIpc) is 3.20. The minimum Gasteiger partial charge on any atom is -0.497 e. The van der Waals surface area contributed by atoms with E-state index < -0.39 is 0 Å². The van der Waals surface area contributed by atoms with Crippen LogP contribution in [0.5, 0.6) is 5.75 Å². The highest BCUT2D eigenvalue weighted by Crippen LogP contribution is 2.30. The smallest absolute Gasteiger partial charge is 0.119 e. The number of piperidine rings is 1. The number of aliphatic hydroxyl groups is 1. The van der Waals surface area contributed by atoms with Gasteiger partial charge < -0.3 is 9.84 Å². The molecule has 1 saturated heterocycles. The highest BCUT2D eigenvalue weighted by Gasteiger charge is 2.24. The van der Waals surface area contributed by atoms with Gasteiger partial charge in [-0.2, -0.15) is 5.10 Å². The summed E-state index contributed by atoms with van der Waals surface area (Å²) in [6.45, 7) is 2.15. The molecule has 29 heavy (non-hydrogen) atoms. The number of likely N-dealkylation sites (tertiary alicyclic amines) is 1. The summed E-state index contributed by atoms with van der Waals surface area (Å²) in [5.74, 6) is 0.832. The molecule has 0 amide bonds. The molecule has 0 spiro atoms. The first-order valence-corrected chi connectivity index (χ1v) is 10.4. The zero-order valence-electron chi connectivity index (χ0n) is 17.0. The molecule has 1 aliphatic rings. The molecule has 0 unspecified atom stereocenters. The molecule has 0 saturated carbocycles. The molecule has 1 N–H and O–H groups in total. The monoisotopic (exact) mass is 391 g/mol. The number of methoxy groups -OCH3 is 1. The van der Waals surface area contributed by atoms with Crippen molar-refractivity contribution in [2.24, 2.45) is 0 Å². The first-order chi connectivity index (χ1) is 14.3. The van der Waals surface area contributed by atoms with Gasteiger partial charge in [0.15, 0.2) is 0 Å². The summed E-state index contributed by atoms with van der Waals surface area (Å²) in [6.07, 6.45) is 6.59. The highest BCUT2D eigenvalue weighted by molar-refractivity contribution is 5.65. The molecule has 0 bridgehead atoms. The Bertz CT molecular complexity index is 921. The molecule has 3 aromatic rings. The Balaban J connectivity index is 1.71. The Kier molecular flexibility index (Phi) is 6.27. The van der Waals surface area contributed by atoms with Gasteiger partial charge in [-0.05, 0) is 50.1 Å². The number of aliphatic hydroxyl groups excluding tert-OH is 1. The van der Waals surface area contributed by atoms with Gasteiger partial charge in [0.1, 0.15) is 5.75 Å². The summed E-state index contributed by atoms with van der Waals surface area (Å²) in [7, 11) is 1.69. The number of rotatable bonds is 7. The number of para-hydroxylation sites is 1. The van der Waals surface area contributed by atoms with E-state index in [0.29, 0.717) is 6.04 Å². The van der Waals surface area contributed by atoms with Crippen LogP contribution in [-0.2, 0) is 6.54 Å². The fourth-order valence-electron chi connectivity index (χ4n) is 4.21. The van der Waals surface area contributed by atoms with E-state index >= 15 is 0 Å². The van der Waals surface area contributed by atoms with Gasteiger partial charge in [0.05, 0.1) is 18.5 Å². The Hall–Kier alpha value is -2.63. The second kappa shape index (κ2) is 9.25. The first-order valence-electron chi connectivity index (χ1n) is 10.4. The Morgan fingerprint density at radius 1 is 1.10 bits per heavy atom. The highest BCUT2D eigenvalue weighted by atomic mass is 16.5. The molecule has 2 aromatic carbocycles. The van der Waals surface area contributed by atoms with Crippen LogP contribution in [0.1, 0.15) is 31.2 Å². The number of hydrogen-bond acceptors (Lipinski definition) is 4. The van der Waals surface area contributed by atoms with Crippen molar-refractivity contribution >= 4 is 0 Å². The summed E-state index contributed by atoms with van der Waals surface area (Å²) in [6, 6.07) is 18.8. The molecule has 1 aromatic heterocycles. The van der Waals surface area contributed by atoms with Crippen LogP contribution in [-0.4, -0.2) is 46.1 Å². The van der Waals surface area contributed by atoms with Crippen LogP contribution in [0.3, 0.4) is 0 Å². The maximum atomic E-state index is 9.49. The fraction of sp³-hybridized carbons (Fsp3) is 0.375. The summed E-state index contributed by atoms with van der Waals surface area (Å²) in [5, 5.41) is 14.4. The van der Waals surface area contributed by atoms with Crippen molar-refractivity contribution in [1.29, 1.82) is 0 Å². The summed E-state index contributed by atoms with van der Waals surface area (Å²) < 4.78 is 7.40. The predicted octanol–water partition coefficient (Wildman–Crippen LogP) is 4.28. The Morgan fingerprint density at radius 3 is 2.76 bits per heavy atom. The topological polar surface area (TPSA) is 50.5 Å². The van der Waals surface area contributed by atoms with E-state index in [4.69, 9.17) is 9.84 Å². The van der Waals surface area contributed by atoms with Crippen molar-refractivity contribution < 1.29 is 9.84 Å². The third-order valence-electron chi connectivity index (χ3n) is 5.74. The molecular weight excluding hydrogens is 362 g/mol. The first kappa shape index (κ1) is 19.7. The number of ether oxygens (including phenoxy) is 1. The van der Waals surface area contributed by atoms with Crippen molar-refractivity contribution in [1.82, 2.24) is 14.7 Å². The van der Waals surface area contributed by atoms with E-state index in [-0.39, 0.29) is 6.61 Å². The lowest BCUT2D eigenvalue weighted by Gasteiger charge is -2.35. The Labute approximate surface area is 172 Å². The van der Waals surface area contributed by atoms with Crippen molar-refractivity contribution in [2.75, 3.05) is 20.3 Å². The molecule has 152 valence electrons. The maximum Gasteiger partial charge on any atom is 0.119 e. The lowest BCUT2D eigenvalue weighted by atomic mass is 9.98. The van der Waals surface area contributed by atoms with E-state index in [2.05, 4.69) is 29.3 Å². The number of hydrogen-bond donors (Lipinski definition) is 1. The molecular formula is C24H29N3O2. The Morgan fingerprint density at radius 2 is 1.97 bits per heavy atom. The van der Waals surface area contributed by atoms with Gasteiger partial charge in [-0.3, -0.25) is 4.90 Å². The van der Waals surface area contributed by atoms with Gasteiger partial charge in [0.25, 0.3) is 0 Å². The van der Waals surface area contributed by atoms with Crippen LogP contribution >= 0.6 is 0 Å². The average molecular weight is 392 g/mol. The van der Waals surface area contributed by atoms with Crippen LogP contribution < -0.4 is 4.74 Å². The van der Waals surface area contributed by atoms with Crippen LogP contribution in [0.25, 0.3) is 16.9 Å². The maximum absolute atomic E-state index is 9.49. The van der Waals surface area contributed by atoms with Gasteiger partial charge in [-0.1, -0.05) is 36.8 Å². The summed E-state index contributed by atoms with van der Waals surface area (Å²) in [5.41, 5.74) is 4.30. The largest absolute Gasteiger partial charge is 0.497 e. The van der Waals surface area contributed by atoms with E-state index in [1.165, 1.54) is 18.4 Å². The lowest BCUT2D eigenvalue weighted by Crippen LogP contribution is -2.39. The van der Waals surface area contributed by atoms with Crippen molar-refractivity contribution in [3.63, 3.8) is 0 Å². The molecule has 1 fully saturated rings. The van der Waals surface area contributed by atoms with Crippen molar-refractivity contribution in [3.8, 4) is 22.7 Å². The van der Waals surface area contributed by atoms with E-state index in [1.807, 2.05) is 41.1 Å². The molecule has 5 heteroatoms. The number of aromatic nitrogens is 2. The molecule has 5 nitrogen and oxygen atoms in total. The van der Waals surface area contributed by atoms with E-state index in [1.54, 1.807) is 7.11 Å². The second-order valence-electron chi connectivity index (χ2n) is 7.65. The third kappa shape index (κ3) is 4.52. The van der Waals surface area contributed by atoms with Gasteiger partial charge >= 0.3 is 0 Å². The van der Waals surface area contributed by atoms with Crippen molar-refractivity contribution in [2.45, 2.75) is 38.3 Å². The predicted molar refractivity (Wildman–Crippen MR) is 115 cm³/mol. The second-order valence-corrected chi connectivity index (χ2v) is 7.65. The lowest BCUT2D eigenvalue weighted by molar-refractivity contribution is 0.112. The minimum atomic E-state index is 0.243. The van der Waals surface area contributed by atoms with Crippen LogP contribution in [0, 0.1) is 0 Å². The third-order valence-corrected chi connectivity index (χ3v) is 5.74. The molecule has 0 radical (unpaired) electrons. The normalized spacial score (nSPS) is 17.4. The van der Waals surface area contributed by atoms with Gasteiger partial charge in [-0.15, -0.1) is 0 Å². The summed E-state index contributed by atoms with van der Waals surface area (Å²) >= 11 is 0. The molecule has 1 atom stereocenters. The standard InChI is InChI=1S/C24H29N3O2/c1-29-23-12-7-8-19(16-23)24-20(17-26-14-6-5-9-21(26)13-15-28)18-27(25-24)22-10-3-2-4-11-22/h2-4,7-8,10-12,16,18,21,28H,5-6,9,13-15,17H2,1H3/t21-/m0/s1. The molecule has 4 rings (SSSR count). The summed E-state index contributed by atoms with van der Waals surface area (Å²) in [4.78, 5) is 2.51. The zero-order chi connectivity index (χ0) is 20.1. The SMILES string of the molecule is COc1cccc(-c2nn(-c3ccccc3)cc2CN2CCCC[C@H]2CCO)c1. The van der Waals surface area contributed by atoms with Crippen LogP contribution in [0.4, 0.5) is 0 Å². The number of nitrogens with zero attached hydrogens (tertiary/aromatic N) is 3. The fourth-order valence-corrected chi connectivity index (χ4v) is 4.21. The number of benzene rings is 2. The van der Waals surface area contributed by atoms with Gasteiger partial charge in [0.2, 0.25) is 0 Å². The zero-order valence-corrected chi connectivity index (χ0v) is 17.0. The molecule has 2 heterocycles. The van der Waals surface area contributed by atoms with Gasteiger partial charge in [-0.25, -0.2) is 4.68 Å². The van der Waals surface area contributed by atoms with Gasteiger partial charge in [0, 0.05) is 36.5 Å². The van der Waals surface area contributed by atoms with Crippen LogP contribution in [0.15, 0.2) is 60.8 Å². The van der Waals surface area contributed by atoms with E-state index in [0.717, 1.165) is 48.6 Å².